The number of hydrogen-bond acceptors (Lipinski definition) is 10. The molecule has 5 heterocycles. The molecule has 3 aromatic rings. The third kappa shape index (κ3) is 9.23. The van der Waals surface area contributed by atoms with Gasteiger partial charge < -0.3 is 20.4 Å². The number of nitrogens with one attached hydrogen (secondary N) is 3. The number of amides is 7. The number of anilines is 2. The summed E-state index contributed by atoms with van der Waals surface area (Å²) in [5.74, 6) is -1.27. The molecule has 2 saturated heterocycles. The van der Waals surface area contributed by atoms with E-state index < -0.39 is 35.6 Å². The summed E-state index contributed by atoms with van der Waals surface area (Å²) >= 11 is 6.21. The standard InChI is InChI=1S/C46H53ClN8O7/c1-27-22-39(58)51-41-40(27)42(50-26-49-41)53-20-21-54(36-24-35(36)53)44(60)33(29-13-15-30(47)16-14-29)25-48-37(56)11-9-7-5-3-2-4-6-8-10-28-12-17-31-32(23-28)46(62)55(45(31)61)34-18-19-38(57)52-43(34)59/h12-17,23,26-27,33-36H,2-11,18-22,24-25H2,1H3,(H,48,56)(H,52,57,59)(H,49,50,51,58)/t27-,33-,34?,35+,36-/m1/s1. The Balaban J connectivity index is 0.736. The van der Waals surface area contributed by atoms with Crippen molar-refractivity contribution in [3.8, 4) is 0 Å². The Morgan fingerprint density at radius 1 is 0.839 bits per heavy atom. The first-order valence-corrected chi connectivity index (χ1v) is 22.4. The van der Waals surface area contributed by atoms with Gasteiger partial charge in [0.2, 0.25) is 29.5 Å². The Bertz CT molecular complexity index is 2270. The molecule has 62 heavy (non-hydrogen) atoms. The molecule has 0 spiro atoms. The van der Waals surface area contributed by atoms with Gasteiger partial charge in [0.25, 0.3) is 11.8 Å². The van der Waals surface area contributed by atoms with E-state index >= 15 is 0 Å². The Kier molecular flexibility index (Phi) is 13.0. The van der Waals surface area contributed by atoms with Gasteiger partial charge in [-0.2, -0.15) is 0 Å². The minimum absolute atomic E-state index is 0.00688. The molecule has 0 bridgehead atoms. The zero-order chi connectivity index (χ0) is 43.5. The molecule has 8 rings (SSSR count). The average Bonchev–Trinajstić information content (AvgIpc) is 4.02. The third-order valence-electron chi connectivity index (χ3n) is 13.0. The number of hydrogen-bond donors (Lipinski definition) is 3. The second kappa shape index (κ2) is 18.7. The van der Waals surface area contributed by atoms with Crippen LogP contribution in [0.1, 0.15) is 140 Å². The zero-order valence-electron chi connectivity index (χ0n) is 35.0. The van der Waals surface area contributed by atoms with Crippen LogP contribution in [0.4, 0.5) is 11.6 Å². The van der Waals surface area contributed by atoms with Crippen LogP contribution in [-0.4, -0.2) is 98.9 Å². The van der Waals surface area contributed by atoms with Crippen molar-refractivity contribution >= 4 is 64.6 Å². The lowest BCUT2D eigenvalue weighted by molar-refractivity contribution is -0.136. The highest BCUT2D eigenvalue weighted by molar-refractivity contribution is 6.30. The Morgan fingerprint density at radius 3 is 2.32 bits per heavy atom. The van der Waals surface area contributed by atoms with Crippen LogP contribution in [0.2, 0.25) is 5.02 Å². The fourth-order valence-corrected chi connectivity index (χ4v) is 9.68. The maximum absolute atomic E-state index is 14.2. The highest BCUT2D eigenvalue weighted by atomic mass is 35.5. The fraction of sp³-hybridized carbons (Fsp3) is 0.500. The monoisotopic (exact) mass is 864 g/mol. The van der Waals surface area contributed by atoms with Crippen molar-refractivity contribution < 1.29 is 33.6 Å². The normalized spacial score (nSPS) is 22.1. The van der Waals surface area contributed by atoms with Gasteiger partial charge >= 0.3 is 0 Å². The number of halogens is 1. The number of piperazine rings is 1. The van der Waals surface area contributed by atoms with Gasteiger partial charge in [-0.05, 0) is 73.4 Å². The average molecular weight is 865 g/mol. The lowest BCUT2D eigenvalue weighted by Crippen LogP contribution is -2.54. The summed E-state index contributed by atoms with van der Waals surface area (Å²) in [6, 6.07) is 11.8. The van der Waals surface area contributed by atoms with Crippen LogP contribution in [0, 0.1) is 0 Å². The number of carbonyl (C=O) groups is 7. The second-order valence-corrected chi connectivity index (χ2v) is 17.7. The number of unbranched alkanes of at least 4 members (excludes halogenated alkanes) is 7. The first-order valence-electron chi connectivity index (χ1n) is 22.1. The van der Waals surface area contributed by atoms with Gasteiger partial charge in [0, 0.05) is 49.5 Å². The number of imide groups is 2. The maximum Gasteiger partial charge on any atom is 0.262 e. The van der Waals surface area contributed by atoms with Crippen LogP contribution < -0.4 is 20.9 Å². The van der Waals surface area contributed by atoms with E-state index in [1.807, 2.05) is 30.0 Å². The minimum atomic E-state index is -0.969. The van der Waals surface area contributed by atoms with Crippen molar-refractivity contribution in [2.75, 3.05) is 29.9 Å². The molecule has 1 aliphatic carbocycles. The van der Waals surface area contributed by atoms with Crippen molar-refractivity contribution in [1.82, 2.24) is 30.4 Å². The van der Waals surface area contributed by atoms with Crippen molar-refractivity contribution in [3.63, 3.8) is 0 Å². The number of fused-ring (bicyclic) bond motifs is 3. The lowest BCUT2D eigenvalue weighted by Gasteiger charge is -2.38. The molecule has 2 aromatic carbocycles. The second-order valence-electron chi connectivity index (χ2n) is 17.3. The Morgan fingerprint density at radius 2 is 1.56 bits per heavy atom. The van der Waals surface area contributed by atoms with Gasteiger partial charge in [-0.15, -0.1) is 0 Å². The first-order chi connectivity index (χ1) is 30.0. The zero-order valence-corrected chi connectivity index (χ0v) is 35.8. The molecule has 15 nitrogen and oxygen atoms in total. The maximum atomic E-state index is 14.2. The molecule has 4 aliphatic heterocycles. The highest BCUT2D eigenvalue weighted by Gasteiger charge is 2.53. The number of aryl methyl sites for hydroxylation is 1. The van der Waals surface area contributed by atoms with E-state index in [1.165, 1.54) is 6.33 Å². The smallest absolute Gasteiger partial charge is 0.262 e. The van der Waals surface area contributed by atoms with Crippen LogP contribution in [0.25, 0.3) is 0 Å². The summed E-state index contributed by atoms with van der Waals surface area (Å²) < 4.78 is 0. The van der Waals surface area contributed by atoms with E-state index in [0.29, 0.717) is 47.9 Å². The van der Waals surface area contributed by atoms with Crippen molar-refractivity contribution in [1.29, 1.82) is 0 Å². The molecule has 326 valence electrons. The van der Waals surface area contributed by atoms with Gasteiger partial charge in [0.15, 0.2) is 0 Å². The highest BCUT2D eigenvalue weighted by Crippen LogP contribution is 2.44. The molecule has 0 radical (unpaired) electrons. The van der Waals surface area contributed by atoms with E-state index in [2.05, 4.69) is 30.8 Å². The van der Waals surface area contributed by atoms with Crippen LogP contribution in [0.15, 0.2) is 48.8 Å². The quantitative estimate of drug-likeness (QED) is 0.117. The predicted molar refractivity (Wildman–Crippen MR) is 231 cm³/mol. The summed E-state index contributed by atoms with van der Waals surface area (Å²) in [6.07, 6.45) is 12.0. The Hall–Kier alpha value is -5.70. The van der Waals surface area contributed by atoms with Crippen molar-refractivity contribution in [2.24, 2.45) is 0 Å². The van der Waals surface area contributed by atoms with E-state index in [1.54, 1.807) is 24.3 Å². The van der Waals surface area contributed by atoms with Gasteiger partial charge in [0.05, 0.1) is 29.1 Å². The molecule has 7 amide bonds. The summed E-state index contributed by atoms with van der Waals surface area (Å²) in [5.41, 5.74) is 3.34. The molecule has 16 heteroatoms. The molecule has 1 aromatic heterocycles. The Labute approximate surface area is 365 Å². The minimum Gasteiger partial charge on any atom is -0.355 e. The van der Waals surface area contributed by atoms with Gasteiger partial charge in [-0.25, -0.2) is 9.97 Å². The molecule has 3 N–H and O–H groups in total. The molecule has 5 atom stereocenters. The summed E-state index contributed by atoms with van der Waals surface area (Å²) in [5, 5.41) is 8.74. The number of rotatable bonds is 17. The number of carbonyl (C=O) groups excluding carboxylic acids is 7. The largest absolute Gasteiger partial charge is 0.355 e. The van der Waals surface area contributed by atoms with Crippen LogP contribution in [0.5, 0.6) is 0 Å². The van der Waals surface area contributed by atoms with E-state index in [9.17, 15) is 33.6 Å². The topological polar surface area (TPSA) is 191 Å². The van der Waals surface area contributed by atoms with Gasteiger partial charge in [0.1, 0.15) is 24.0 Å². The van der Waals surface area contributed by atoms with Crippen LogP contribution in [-0.2, 0) is 30.4 Å². The fourth-order valence-electron chi connectivity index (χ4n) is 9.55. The van der Waals surface area contributed by atoms with Crippen LogP contribution >= 0.6 is 11.6 Å². The van der Waals surface area contributed by atoms with E-state index in [-0.39, 0.29) is 55.1 Å². The molecular formula is C46H53ClN8O7. The van der Waals surface area contributed by atoms with Crippen molar-refractivity contribution in [2.45, 2.75) is 127 Å². The summed E-state index contributed by atoms with van der Waals surface area (Å²) in [7, 11) is 0. The van der Waals surface area contributed by atoms with Gasteiger partial charge in [-0.3, -0.25) is 43.8 Å². The third-order valence-corrected chi connectivity index (χ3v) is 13.2. The first kappa shape index (κ1) is 43.0. The molecule has 1 unspecified atom stereocenters. The van der Waals surface area contributed by atoms with E-state index in [4.69, 9.17) is 11.6 Å². The summed E-state index contributed by atoms with van der Waals surface area (Å²) in [4.78, 5) is 104. The van der Waals surface area contributed by atoms with Gasteiger partial charge in [-0.1, -0.05) is 75.2 Å². The predicted octanol–water partition coefficient (Wildman–Crippen LogP) is 5.42. The number of benzene rings is 2. The number of aromatic nitrogens is 2. The lowest BCUT2D eigenvalue weighted by atomic mass is 9.94. The van der Waals surface area contributed by atoms with Crippen LogP contribution in [0.3, 0.4) is 0 Å². The SMILES string of the molecule is C[C@@H]1CC(=O)Nc2ncnc(N3CCN(C(=O)[C@H](CNC(=O)CCCCCCCCCCc4ccc5c(c4)C(=O)N(C4CCC(=O)NC4=O)C5=O)c4ccc(Cl)cc4)[C@@H]4C[C@@H]43)c21. The summed E-state index contributed by atoms with van der Waals surface area (Å²) in [6.45, 7) is 3.35. The molecule has 3 fully saturated rings. The molecule has 5 aliphatic rings. The number of nitrogens with zero attached hydrogens (tertiary/aromatic N) is 5. The number of piperidine rings is 1. The van der Waals surface area contributed by atoms with Crippen molar-refractivity contribution in [3.05, 3.63) is 81.6 Å². The van der Waals surface area contributed by atoms with E-state index in [0.717, 1.165) is 91.6 Å². The molecule has 1 saturated carbocycles. The molecular weight excluding hydrogens is 812 g/mol.